The van der Waals surface area contributed by atoms with Gasteiger partial charge in [-0.2, -0.15) is 0 Å². The van der Waals surface area contributed by atoms with E-state index >= 15 is 0 Å². The Labute approximate surface area is 238 Å². The largest absolute Gasteiger partial charge is 0.449 e. The normalized spacial score (nSPS) is 19.4. The van der Waals surface area contributed by atoms with Crippen LogP contribution in [0.25, 0.3) is 11.4 Å². The van der Waals surface area contributed by atoms with E-state index in [-0.39, 0.29) is 56.1 Å². The first kappa shape index (κ1) is 30.6. The molecule has 1 saturated heterocycles. The standard InChI is InChI=1S/C27H36N5O8P/c1-2-3-13-40-27(36)32-11-9-31(10-12-32)26(35)23(17-41(37,38)39)30-25(34)22-15-21(20-14-19(20)16-33)28-24(29-22)18-7-5-4-6-8-18/h4-8,15,19-20,23,33H,2-3,9-14,16-17H2,1H3,(H,30,34)(H2,37,38,39)/t19-,20+,23+/m1/s1. The van der Waals surface area contributed by atoms with E-state index in [0.717, 1.165) is 12.8 Å². The van der Waals surface area contributed by atoms with Gasteiger partial charge in [-0.1, -0.05) is 43.7 Å². The van der Waals surface area contributed by atoms with Gasteiger partial charge in [0.1, 0.15) is 11.7 Å². The Kier molecular flexibility index (Phi) is 10.1. The van der Waals surface area contributed by atoms with E-state index < -0.39 is 37.7 Å². The number of unbranched alkanes of at least 4 members (excludes halogenated alkanes) is 1. The van der Waals surface area contributed by atoms with Crippen LogP contribution >= 0.6 is 7.60 Å². The summed E-state index contributed by atoms with van der Waals surface area (Å²) in [5, 5.41) is 12.0. The SMILES string of the molecule is CCCCOC(=O)N1CCN(C(=O)[C@H](CP(=O)(O)O)NC(=O)c2cc([C@H]3C[C@@H]3CO)nc(-c3ccccc3)n2)CC1. The Balaban J connectivity index is 1.50. The summed E-state index contributed by atoms with van der Waals surface area (Å²) in [6.07, 6.45) is 0.974. The van der Waals surface area contributed by atoms with Crippen LogP contribution in [0.4, 0.5) is 4.79 Å². The summed E-state index contributed by atoms with van der Waals surface area (Å²) in [7, 11) is -4.71. The van der Waals surface area contributed by atoms with Gasteiger partial charge < -0.3 is 34.7 Å². The summed E-state index contributed by atoms with van der Waals surface area (Å²) in [6.45, 7) is 2.90. The van der Waals surface area contributed by atoms with Gasteiger partial charge in [0.05, 0.1) is 12.8 Å². The molecule has 41 heavy (non-hydrogen) atoms. The molecule has 3 atom stereocenters. The van der Waals surface area contributed by atoms with E-state index in [2.05, 4.69) is 15.3 Å². The van der Waals surface area contributed by atoms with Gasteiger partial charge in [0.25, 0.3) is 5.91 Å². The van der Waals surface area contributed by atoms with Gasteiger partial charge in [0, 0.05) is 50.0 Å². The van der Waals surface area contributed by atoms with Gasteiger partial charge >= 0.3 is 13.7 Å². The predicted octanol–water partition coefficient (Wildman–Crippen LogP) is 1.60. The number of ether oxygens (including phenoxy) is 1. The van der Waals surface area contributed by atoms with Crippen molar-refractivity contribution in [2.75, 3.05) is 45.6 Å². The highest BCUT2D eigenvalue weighted by molar-refractivity contribution is 7.51. The number of nitrogens with zero attached hydrogens (tertiary/aromatic N) is 4. The summed E-state index contributed by atoms with van der Waals surface area (Å²) in [6, 6.07) is 8.99. The summed E-state index contributed by atoms with van der Waals surface area (Å²) < 4.78 is 17.1. The highest BCUT2D eigenvalue weighted by atomic mass is 31.2. The number of aromatic nitrogens is 2. The van der Waals surface area contributed by atoms with E-state index in [1.54, 1.807) is 24.3 Å². The van der Waals surface area contributed by atoms with E-state index in [4.69, 9.17) is 4.74 Å². The van der Waals surface area contributed by atoms with E-state index in [9.17, 15) is 33.8 Å². The van der Waals surface area contributed by atoms with E-state index in [1.165, 1.54) is 15.9 Å². The van der Waals surface area contributed by atoms with Crippen LogP contribution in [-0.2, 0) is 14.1 Å². The third kappa shape index (κ3) is 8.32. The van der Waals surface area contributed by atoms with Crippen molar-refractivity contribution in [1.82, 2.24) is 25.1 Å². The average molecular weight is 590 g/mol. The Bertz CT molecular complexity index is 1280. The van der Waals surface area contributed by atoms with Crippen molar-refractivity contribution in [1.29, 1.82) is 0 Å². The summed E-state index contributed by atoms with van der Waals surface area (Å²) in [5.41, 5.74) is 1.18. The molecule has 0 radical (unpaired) electrons. The van der Waals surface area contributed by atoms with Crippen molar-refractivity contribution in [2.45, 2.75) is 38.1 Å². The maximum Gasteiger partial charge on any atom is 0.409 e. The van der Waals surface area contributed by atoms with Crippen LogP contribution in [0.2, 0.25) is 0 Å². The molecular weight excluding hydrogens is 553 g/mol. The highest BCUT2D eigenvalue weighted by Gasteiger charge is 2.40. The van der Waals surface area contributed by atoms with Crippen LogP contribution < -0.4 is 5.32 Å². The van der Waals surface area contributed by atoms with Crippen molar-refractivity contribution in [3.63, 3.8) is 0 Å². The third-order valence-electron chi connectivity index (χ3n) is 7.14. The molecule has 1 aromatic heterocycles. The molecule has 13 nitrogen and oxygen atoms in total. The Morgan fingerprint density at radius 3 is 2.39 bits per heavy atom. The van der Waals surface area contributed by atoms with Crippen LogP contribution in [-0.4, -0.2) is 104 Å². The molecule has 1 saturated carbocycles. The monoisotopic (exact) mass is 589 g/mol. The van der Waals surface area contributed by atoms with Crippen LogP contribution in [0.1, 0.15) is 48.3 Å². The van der Waals surface area contributed by atoms with Crippen molar-refractivity contribution in [3.05, 3.63) is 47.8 Å². The van der Waals surface area contributed by atoms with Crippen LogP contribution in [0.3, 0.4) is 0 Å². The van der Waals surface area contributed by atoms with Crippen LogP contribution in [0.5, 0.6) is 0 Å². The molecule has 1 aliphatic carbocycles. The second-order valence-electron chi connectivity index (χ2n) is 10.3. The molecule has 2 heterocycles. The number of amides is 3. The Morgan fingerprint density at radius 1 is 1.10 bits per heavy atom. The van der Waals surface area contributed by atoms with Crippen LogP contribution in [0, 0.1) is 5.92 Å². The summed E-state index contributed by atoms with van der Waals surface area (Å²) in [5.74, 6) is -1.18. The zero-order valence-corrected chi connectivity index (χ0v) is 23.8. The van der Waals surface area contributed by atoms with Gasteiger partial charge in [-0.05, 0) is 24.8 Å². The predicted molar refractivity (Wildman–Crippen MR) is 148 cm³/mol. The molecule has 0 spiro atoms. The number of carbonyl (C=O) groups excluding carboxylic acids is 3. The molecule has 0 unspecified atom stereocenters. The lowest BCUT2D eigenvalue weighted by Gasteiger charge is -2.36. The molecule has 1 aromatic carbocycles. The maximum absolute atomic E-state index is 13.4. The molecule has 14 heteroatoms. The number of hydrogen-bond acceptors (Lipinski definition) is 8. The fourth-order valence-electron chi connectivity index (χ4n) is 4.68. The van der Waals surface area contributed by atoms with Gasteiger partial charge in [-0.15, -0.1) is 0 Å². The molecule has 2 aromatic rings. The van der Waals surface area contributed by atoms with E-state index in [0.29, 0.717) is 24.3 Å². The number of aliphatic hydroxyl groups excluding tert-OH is 1. The minimum absolute atomic E-state index is 0.0144. The number of benzene rings is 1. The molecule has 0 bridgehead atoms. The number of nitrogens with one attached hydrogen (secondary N) is 1. The summed E-state index contributed by atoms with van der Waals surface area (Å²) >= 11 is 0. The van der Waals surface area contributed by atoms with E-state index in [1.807, 2.05) is 13.0 Å². The first-order valence-electron chi connectivity index (χ1n) is 13.7. The van der Waals surface area contributed by atoms with Gasteiger partial charge in [-0.25, -0.2) is 14.8 Å². The number of rotatable bonds is 11. The van der Waals surface area contributed by atoms with Gasteiger partial charge in [0.15, 0.2) is 5.82 Å². The lowest BCUT2D eigenvalue weighted by molar-refractivity contribution is -0.134. The molecule has 2 aliphatic rings. The van der Waals surface area contributed by atoms with Crippen molar-refractivity contribution in [3.8, 4) is 11.4 Å². The second kappa shape index (κ2) is 13.5. The second-order valence-corrected chi connectivity index (χ2v) is 12.0. The smallest absolute Gasteiger partial charge is 0.409 e. The topological polar surface area (TPSA) is 182 Å². The van der Waals surface area contributed by atoms with Gasteiger partial charge in [0.2, 0.25) is 5.91 Å². The quantitative estimate of drug-likeness (QED) is 0.222. The Hall–Kier alpha value is -3.38. The lowest BCUT2D eigenvalue weighted by atomic mass is 10.1. The lowest BCUT2D eigenvalue weighted by Crippen LogP contribution is -2.56. The number of piperazine rings is 1. The molecule has 222 valence electrons. The molecule has 4 N–H and O–H groups in total. The zero-order chi connectivity index (χ0) is 29.6. The van der Waals surface area contributed by atoms with Crippen LogP contribution in [0.15, 0.2) is 36.4 Å². The maximum atomic E-state index is 13.4. The minimum Gasteiger partial charge on any atom is -0.449 e. The molecule has 3 amide bonds. The fourth-order valence-corrected chi connectivity index (χ4v) is 5.40. The molecule has 1 aliphatic heterocycles. The highest BCUT2D eigenvalue weighted by Crippen LogP contribution is 2.46. The van der Waals surface area contributed by atoms with Crippen molar-refractivity contribution >= 4 is 25.5 Å². The molecular formula is C27H36N5O8P. The first-order valence-corrected chi connectivity index (χ1v) is 15.5. The number of carbonyl (C=O) groups is 3. The molecule has 4 rings (SSSR count). The number of aliphatic hydroxyl groups is 1. The van der Waals surface area contributed by atoms with Crippen molar-refractivity contribution in [2.24, 2.45) is 5.92 Å². The minimum atomic E-state index is -4.71. The van der Waals surface area contributed by atoms with Gasteiger partial charge in [-0.3, -0.25) is 14.2 Å². The Morgan fingerprint density at radius 2 is 1.78 bits per heavy atom. The molecule has 2 fully saturated rings. The van der Waals surface area contributed by atoms with Crippen molar-refractivity contribution < 1.29 is 38.6 Å². The summed E-state index contributed by atoms with van der Waals surface area (Å²) in [4.78, 5) is 70.2. The third-order valence-corrected chi connectivity index (χ3v) is 7.99. The fraction of sp³-hybridized carbons (Fsp3) is 0.519. The average Bonchev–Trinajstić information content (AvgIpc) is 3.76. The zero-order valence-electron chi connectivity index (χ0n) is 22.9. The number of hydrogen-bond donors (Lipinski definition) is 4. The first-order chi connectivity index (χ1) is 19.6.